The Kier molecular flexibility index (Phi) is 4.89. The number of fused-ring (bicyclic) bond motifs is 1. The molecule has 0 spiro atoms. The smallest absolute Gasteiger partial charge is 0.407 e. The Labute approximate surface area is 185 Å². The summed E-state index contributed by atoms with van der Waals surface area (Å²) < 4.78 is 2.07. The lowest BCUT2D eigenvalue weighted by atomic mass is 10.1. The van der Waals surface area contributed by atoms with Gasteiger partial charge in [0.05, 0.1) is 11.1 Å². The third kappa shape index (κ3) is 3.54. The summed E-state index contributed by atoms with van der Waals surface area (Å²) >= 11 is 6.27. The van der Waals surface area contributed by atoms with Crippen LogP contribution < -0.4 is 9.80 Å². The number of hydrogen-bond donors (Lipinski definition) is 1. The summed E-state index contributed by atoms with van der Waals surface area (Å²) in [6.07, 6.45) is 5.19. The van der Waals surface area contributed by atoms with Crippen molar-refractivity contribution in [2.45, 2.75) is 31.8 Å². The first-order chi connectivity index (χ1) is 14.9. The molecule has 1 amide bonds. The number of anilines is 2. The number of carbonyl (C=O) groups is 1. The van der Waals surface area contributed by atoms with Crippen LogP contribution >= 0.6 is 11.6 Å². The largest absolute Gasteiger partial charge is 0.465 e. The van der Waals surface area contributed by atoms with Crippen molar-refractivity contribution in [2.24, 2.45) is 0 Å². The standard InChI is InChI=1S/C22H25ClN6O2/c1-14-11-27(22(30)31)8-9-28(14)20-19-18(26(2)16-6-7-16)12-29(21(19)25-13-24-20)17-5-3-4-15(23)10-17/h3-5,10,12-14,16H,6-9,11H2,1-2H3,(H,30,31). The minimum absolute atomic E-state index is 0.0107. The summed E-state index contributed by atoms with van der Waals surface area (Å²) in [5.41, 5.74) is 2.85. The molecule has 2 fully saturated rings. The molecule has 1 N–H and O–H groups in total. The summed E-state index contributed by atoms with van der Waals surface area (Å²) in [4.78, 5) is 26.7. The molecule has 1 atom stereocenters. The van der Waals surface area contributed by atoms with Gasteiger partial charge in [-0.1, -0.05) is 17.7 Å². The normalized spacial score (nSPS) is 19.1. The van der Waals surface area contributed by atoms with E-state index in [1.165, 1.54) is 17.7 Å². The lowest BCUT2D eigenvalue weighted by Crippen LogP contribution is -2.53. The molecule has 0 bridgehead atoms. The van der Waals surface area contributed by atoms with E-state index in [1.54, 1.807) is 6.33 Å². The predicted molar refractivity (Wildman–Crippen MR) is 122 cm³/mol. The van der Waals surface area contributed by atoms with E-state index in [4.69, 9.17) is 11.6 Å². The molecule has 3 aromatic rings. The van der Waals surface area contributed by atoms with Gasteiger partial charge in [0.25, 0.3) is 0 Å². The molecule has 1 aliphatic heterocycles. The first-order valence-corrected chi connectivity index (χ1v) is 10.9. The Balaban J connectivity index is 1.65. The molecule has 1 unspecified atom stereocenters. The molecule has 31 heavy (non-hydrogen) atoms. The molecule has 8 nitrogen and oxygen atoms in total. The fraction of sp³-hybridized carbons (Fsp3) is 0.409. The molecule has 5 rings (SSSR count). The fourth-order valence-electron chi connectivity index (χ4n) is 4.44. The van der Waals surface area contributed by atoms with Gasteiger partial charge in [-0.2, -0.15) is 0 Å². The number of piperazine rings is 1. The quantitative estimate of drug-likeness (QED) is 0.663. The molecule has 2 aliphatic rings. The van der Waals surface area contributed by atoms with Crippen LogP contribution in [0.15, 0.2) is 36.8 Å². The van der Waals surface area contributed by atoms with Crippen molar-refractivity contribution in [1.82, 2.24) is 19.4 Å². The lowest BCUT2D eigenvalue weighted by Gasteiger charge is -2.39. The Morgan fingerprint density at radius 3 is 2.74 bits per heavy atom. The van der Waals surface area contributed by atoms with Crippen molar-refractivity contribution in [2.75, 3.05) is 36.5 Å². The number of rotatable bonds is 4. The van der Waals surface area contributed by atoms with Crippen molar-refractivity contribution in [3.63, 3.8) is 0 Å². The zero-order chi connectivity index (χ0) is 21.7. The summed E-state index contributed by atoms with van der Waals surface area (Å²) in [6, 6.07) is 8.27. The van der Waals surface area contributed by atoms with Crippen LogP contribution in [0.2, 0.25) is 5.02 Å². The van der Waals surface area contributed by atoms with Gasteiger partial charge in [0.15, 0.2) is 5.65 Å². The van der Waals surface area contributed by atoms with E-state index in [0.29, 0.717) is 30.7 Å². The summed E-state index contributed by atoms with van der Waals surface area (Å²) in [6.45, 7) is 3.54. The third-order valence-corrected chi connectivity index (χ3v) is 6.51. The molecule has 162 valence electrons. The second-order valence-electron chi connectivity index (χ2n) is 8.37. The van der Waals surface area contributed by atoms with Crippen LogP contribution in [0, 0.1) is 0 Å². The average Bonchev–Trinajstić information content (AvgIpc) is 3.53. The van der Waals surface area contributed by atoms with Crippen LogP contribution in [0.25, 0.3) is 16.7 Å². The zero-order valence-corrected chi connectivity index (χ0v) is 18.3. The van der Waals surface area contributed by atoms with Gasteiger partial charge in [0.1, 0.15) is 12.1 Å². The molecule has 1 aliphatic carbocycles. The molecule has 9 heteroatoms. The highest BCUT2D eigenvalue weighted by molar-refractivity contribution is 6.30. The monoisotopic (exact) mass is 440 g/mol. The van der Waals surface area contributed by atoms with Crippen LogP contribution in [0.3, 0.4) is 0 Å². The summed E-state index contributed by atoms with van der Waals surface area (Å²) in [5, 5.41) is 11.0. The first kappa shape index (κ1) is 19.9. The van der Waals surface area contributed by atoms with Crippen molar-refractivity contribution in [1.29, 1.82) is 0 Å². The van der Waals surface area contributed by atoms with Crippen LogP contribution in [-0.2, 0) is 0 Å². The number of amides is 1. The van der Waals surface area contributed by atoms with Gasteiger partial charge in [-0.15, -0.1) is 0 Å². The molecule has 2 aromatic heterocycles. The fourth-order valence-corrected chi connectivity index (χ4v) is 4.62. The number of halogens is 1. The molecule has 0 radical (unpaired) electrons. The van der Waals surface area contributed by atoms with Crippen LogP contribution in [-0.4, -0.2) is 69.4 Å². The van der Waals surface area contributed by atoms with Crippen molar-refractivity contribution in [3.8, 4) is 5.69 Å². The lowest BCUT2D eigenvalue weighted by molar-refractivity contribution is 0.136. The van der Waals surface area contributed by atoms with E-state index in [-0.39, 0.29) is 6.04 Å². The Morgan fingerprint density at radius 1 is 1.26 bits per heavy atom. The van der Waals surface area contributed by atoms with E-state index in [1.807, 2.05) is 31.2 Å². The maximum atomic E-state index is 11.4. The van der Waals surface area contributed by atoms with Gasteiger partial charge in [0.2, 0.25) is 0 Å². The van der Waals surface area contributed by atoms with E-state index < -0.39 is 6.09 Å². The summed E-state index contributed by atoms with van der Waals surface area (Å²) in [7, 11) is 2.12. The highest BCUT2D eigenvalue weighted by atomic mass is 35.5. The Bertz CT molecular complexity index is 1140. The molecule has 1 aromatic carbocycles. The molecule has 1 saturated heterocycles. The average molecular weight is 441 g/mol. The van der Waals surface area contributed by atoms with Crippen molar-refractivity contribution >= 4 is 40.2 Å². The molecule has 3 heterocycles. The van der Waals surface area contributed by atoms with Crippen LogP contribution in [0.4, 0.5) is 16.3 Å². The zero-order valence-electron chi connectivity index (χ0n) is 17.6. The van der Waals surface area contributed by atoms with E-state index >= 15 is 0 Å². The minimum atomic E-state index is -0.874. The molecular formula is C22H25ClN6O2. The van der Waals surface area contributed by atoms with Gasteiger partial charge >= 0.3 is 6.09 Å². The number of carboxylic acid groups (broad SMARTS) is 1. The highest BCUT2D eigenvalue weighted by Gasteiger charge is 2.33. The van der Waals surface area contributed by atoms with Gasteiger partial charge in [-0.05, 0) is 38.0 Å². The second kappa shape index (κ2) is 7.60. The molecule has 1 saturated carbocycles. The Hall–Kier alpha value is -3.00. The minimum Gasteiger partial charge on any atom is -0.465 e. The van der Waals surface area contributed by atoms with Crippen LogP contribution in [0.1, 0.15) is 19.8 Å². The maximum absolute atomic E-state index is 11.4. The number of aromatic nitrogens is 3. The predicted octanol–water partition coefficient (Wildman–Crippen LogP) is 3.86. The van der Waals surface area contributed by atoms with Crippen LogP contribution in [0.5, 0.6) is 0 Å². The van der Waals surface area contributed by atoms with E-state index in [9.17, 15) is 9.90 Å². The Morgan fingerprint density at radius 2 is 2.06 bits per heavy atom. The van der Waals surface area contributed by atoms with E-state index in [2.05, 4.69) is 37.6 Å². The van der Waals surface area contributed by atoms with Gasteiger partial charge < -0.3 is 19.8 Å². The summed E-state index contributed by atoms with van der Waals surface area (Å²) in [5.74, 6) is 0.853. The van der Waals surface area contributed by atoms with Gasteiger partial charge in [-0.3, -0.25) is 4.57 Å². The highest BCUT2D eigenvalue weighted by Crippen LogP contribution is 2.40. The molecular weight excluding hydrogens is 416 g/mol. The number of benzene rings is 1. The van der Waals surface area contributed by atoms with E-state index in [0.717, 1.165) is 28.2 Å². The SMILES string of the molecule is CC1CN(C(=O)O)CCN1c1ncnc2c1c(N(C)C1CC1)cn2-c1cccc(Cl)c1. The first-order valence-electron chi connectivity index (χ1n) is 10.5. The van der Waals surface area contributed by atoms with Gasteiger partial charge in [-0.25, -0.2) is 14.8 Å². The van der Waals surface area contributed by atoms with Crippen molar-refractivity contribution in [3.05, 3.63) is 41.8 Å². The third-order valence-electron chi connectivity index (χ3n) is 6.27. The van der Waals surface area contributed by atoms with Gasteiger partial charge in [0, 0.05) is 55.7 Å². The number of nitrogens with zero attached hydrogens (tertiary/aromatic N) is 6. The van der Waals surface area contributed by atoms with Crippen molar-refractivity contribution < 1.29 is 9.90 Å². The maximum Gasteiger partial charge on any atom is 0.407 e. The number of hydrogen-bond acceptors (Lipinski definition) is 5. The second-order valence-corrected chi connectivity index (χ2v) is 8.81. The topological polar surface area (TPSA) is 77.7 Å².